The lowest BCUT2D eigenvalue weighted by atomic mass is 10.1. The molecule has 0 aliphatic rings. The third-order valence-corrected chi connectivity index (χ3v) is 5.18. The number of nitrogens with one attached hydrogen (secondary N) is 2. The first-order valence-corrected chi connectivity index (χ1v) is 9.95. The van der Waals surface area contributed by atoms with Gasteiger partial charge < -0.3 is 10.1 Å². The summed E-state index contributed by atoms with van der Waals surface area (Å²) in [7, 11) is 0. The Morgan fingerprint density at radius 2 is 1.83 bits per heavy atom. The Kier molecular flexibility index (Phi) is 5.58. The monoisotopic (exact) mass is 402 g/mol. The van der Waals surface area contributed by atoms with E-state index in [1.54, 1.807) is 48.2 Å². The standard InChI is InChI=1S/C22H18N4O2S/c27-18-11-7-15(8-12-18)13-23-26-21(28)17-9-5-16(6-10-17)14-29-22-24-19-3-1-2-4-20(19)25-22/h1-13,27H,14H2,(H,24,25)(H,26,28)/b23-13+. The fraction of sp³-hybridized carbons (Fsp3) is 0.0455. The molecule has 6 nitrogen and oxygen atoms in total. The van der Waals surface area contributed by atoms with Crippen LogP contribution in [0.3, 0.4) is 0 Å². The summed E-state index contributed by atoms with van der Waals surface area (Å²) < 4.78 is 0. The molecule has 29 heavy (non-hydrogen) atoms. The highest BCUT2D eigenvalue weighted by atomic mass is 32.2. The molecule has 0 saturated heterocycles. The van der Waals surface area contributed by atoms with Gasteiger partial charge in [0, 0.05) is 11.3 Å². The van der Waals surface area contributed by atoms with Gasteiger partial charge in [-0.25, -0.2) is 10.4 Å². The van der Waals surface area contributed by atoms with E-state index in [-0.39, 0.29) is 11.7 Å². The van der Waals surface area contributed by atoms with Crippen molar-refractivity contribution < 1.29 is 9.90 Å². The maximum atomic E-state index is 12.2. The number of phenols is 1. The second-order valence-corrected chi connectivity index (χ2v) is 7.30. The molecule has 1 aromatic heterocycles. The lowest BCUT2D eigenvalue weighted by molar-refractivity contribution is 0.0955. The Morgan fingerprint density at radius 1 is 1.07 bits per heavy atom. The van der Waals surface area contributed by atoms with Crippen LogP contribution in [0.1, 0.15) is 21.5 Å². The first-order valence-electron chi connectivity index (χ1n) is 8.96. The third kappa shape index (κ3) is 4.83. The molecule has 0 unspecified atom stereocenters. The second kappa shape index (κ2) is 8.62. The molecule has 144 valence electrons. The topological polar surface area (TPSA) is 90.4 Å². The van der Waals surface area contributed by atoms with Crippen molar-refractivity contribution in [3.8, 4) is 5.75 Å². The van der Waals surface area contributed by atoms with Crippen LogP contribution in [0.4, 0.5) is 0 Å². The van der Waals surface area contributed by atoms with Crippen LogP contribution in [-0.4, -0.2) is 27.2 Å². The van der Waals surface area contributed by atoms with Crippen molar-refractivity contribution in [2.45, 2.75) is 10.9 Å². The van der Waals surface area contributed by atoms with Crippen LogP contribution < -0.4 is 5.43 Å². The fourth-order valence-corrected chi connectivity index (χ4v) is 3.53. The highest BCUT2D eigenvalue weighted by molar-refractivity contribution is 7.98. The van der Waals surface area contributed by atoms with Crippen molar-refractivity contribution in [1.82, 2.24) is 15.4 Å². The van der Waals surface area contributed by atoms with E-state index in [2.05, 4.69) is 20.5 Å². The SMILES string of the molecule is O=C(N/N=C/c1ccc(O)cc1)c1ccc(CSc2nc3ccccc3[nH]2)cc1. The van der Waals surface area contributed by atoms with Gasteiger partial charge in [-0.1, -0.05) is 36.0 Å². The second-order valence-electron chi connectivity index (χ2n) is 6.34. The molecule has 0 aliphatic heterocycles. The Balaban J connectivity index is 1.32. The van der Waals surface area contributed by atoms with Gasteiger partial charge in [0.25, 0.3) is 5.91 Å². The van der Waals surface area contributed by atoms with Gasteiger partial charge in [0.15, 0.2) is 5.16 Å². The molecular formula is C22H18N4O2S. The van der Waals surface area contributed by atoms with Gasteiger partial charge in [0.2, 0.25) is 0 Å². The predicted molar refractivity (Wildman–Crippen MR) is 115 cm³/mol. The van der Waals surface area contributed by atoms with E-state index < -0.39 is 0 Å². The largest absolute Gasteiger partial charge is 0.508 e. The Hall–Kier alpha value is -3.58. The maximum Gasteiger partial charge on any atom is 0.271 e. The van der Waals surface area contributed by atoms with E-state index in [1.165, 1.54) is 6.21 Å². The zero-order chi connectivity index (χ0) is 20.1. The van der Waals surface area contributed by atoms with Gasteiger partial charge in [-0.3, -0.25) is 4.79 Å². The number of thioether (sulfide) groups is 1. The van der Waals surface area contributed by atoms with E-state index >= 15 is 0 Å². The van der Waals surface area contributed by atoms with Crippen LogP contribution in [0.25, 0.3) is 11.0 Å². The minimum absolute atomic E-state index is 0.185. The van der Waals surface area contributed by atoms with Crippen LogP contribution in [0, 0.1) is 0 Å². The summed E-state index contributed by atoms with van der Waals surface area (Å²) >= 11 is 1.62. The fourth-order valence-electron chi connectivity index (χ4n) is 2.69. The highest BCUT2D eigenvalue weighted by Gasteiger charge is 2.06. The van der Waals surface area contributed by atoms with Crippen molar-refractivity contribution in [3.05, 3.63) is 89.5 Å². The highest BCUT2D eigenvalue weighted by Crippen LogP contribution is 2.23. The van der Waals surface area contributed by atoms with Crippen LogP contribution in [0.5, 0.6) is 5.75 Å². The quantitative estimate of drug-likeness (QED) is 0.254. The van der Waals surface area contributed by atoms with Crippen LogP contribution in [-0.2, 0) is 5.75 Å². The molecule has 7 heteroatoms. The van der Waals surface area contributed by atoms with Crippen molar-refractivity contribution in [2.24, 2.45) is 5.10 Å². The molecule has 1 amide bonds. The number of benzene rings is 3. The summed E-state index contributed by atoms with van der Waals surface area (Å²) in [5.74, 6) is 0.655. The van der Waals surface area contributed by atoms with Crippen molar-refractivity contribution in [1.29, 1.82) is 0 Å². The van der Waals surface area contributed by atoms with Gasteiger partial charge >= 0.3 is 0 Å². The summed E-state index contributed by atoms with van der Waals surface area (Å²) in [6, 6.07) is 21.9. The van der Waals surface area contributed by atoms with E-state index in [1.807, 2.05) is 36.4 Å². The molecule has 0 aliphatic carbocycles. The van der Waals surface area contributed by atoms with Gasteiger partial charge in [-0.2, -0.15) is 5.10 Å². The number of hydrazone groups is 1. The number of rotatable bonds is 6. The summed E-state index contributed by atoms with van der Waals surface area (Å²) in [4.78, 5) is 20.0. The average molecular weight is 402 g/mol. The molecular weight excluding hydrogens is 384 g/mol. The number of amides is 1. The van der Waals surface area contributed by atoms with Crippen LogP contribution in [0.2, 0.25) is 0 Å². The third-order valence-electron chi connectivity index (χ3n) is 4.23. The zero-order valence-electron chi connectivity index (χ0n) is 15.4. The number of H-pyrrole nitrogens is 1. The number of para-hydroxylation sites is 2. The molecule has 0 atom stereocenters. The van der Waals surface area contributed by atoms with Crippen molar-refractivity contribution in [3.63, 3.8) is 0 Å². The average Bonchev–Trinajstić information content (AvgIpc) is 3.17. The molecule has 0 bridgehead atoms. The number of carbonyl (C=O) groups excluding carboxylic acids is 1. The molecule has 4 aromatic rings. The Morgan fingerprint density at radius 3 is 2.59 bits per heavy atom. The number of fused-ring (bicyclic) bond motifs is 1. The van der Waals surface area contributed by atoms with E-state index in [0.717, 1.165) is 33.1 Å². The lowest BCUT2D eigenvalue weighted by Gasteiger charge is -2.03. The number of carbonyl (C=O) groups is 1. The number of hydrogen-bond donors (Lipinski definition) is 3. The molecule has 3 N–H and O–H groups in total. The minimum atomic E-state index is -0.281. The Labute approximate surface area is 171 Å². The number of aromatic nitrogens is 2. The molecule has 3 aromatic carbocycles. The summed E-state index contributed by atoms with van der Waals surface area (Å²) in [6.07, 6.45) is 1.52. The summed E-state index contributed by atoms with van der Waals surface area (Å²) in [6.45, 7) is 0. The zero-order valence-corrected chi connectivity index (χ0v) is 16.2. The van der Waals surface area contributed by atoms with Crippen molar-refractivity contribution in [2.75, 3.05) is 0 Å². The van der Waals surface area contributed by atoms with Crippen molar-refractivity contribution >= 4 is 34.9 Å². The first kappa shape index (κ1) is 18.8. The first-order chi connectivity index (χ1) is 14.2. The number of imidazole rings is 1. The Bertz CT molecular complexity index is 1120. The molecule has 0 spiro atoms. The van der Waals surface area contributed by atoms with Gasteiger partial charge in [0.1, 0.15) is 5.75 Å². The van der Waals surface area contributed by atoms with E-state index in [4.69, 9.17) is 0 Å². The van der Waals surface area contributed by atoms with Crippen LogP contribution >= 0.6 is 11.8 Å². The number of aromatic amines is 1. The number of hydrogen-bond acceptors (Lipinski definition) is 5. The molecule has 1 heterocycles. The number of aromatic hydroxyl groups is 1. The lowest BCUT2D eigenvalue weighted by Crippen LogP contribution is -2.17. The number of phenolic OH excluding ortho intramolecular Hbond substituents is 1. The molecule has 0 saturated carbocycles. The van der Waals surface area contributed by atoms with Gasteiger partial charge in [-0.05, 0) is 59.7 Å². The summed E-state index contributed by atoms with van der Waals surface area (Å²) in [5, 5.41) is 14.1. The molecule has 0 fully saturated rings. The molecule has 4 rings (SSSR count). The predicted octanol–water partition coefficient (Wildman–Crippen LogP) is 4.32. The van der Waals surface area contributed by atoms with Gasteiger partial charge in [0.05, 0.1) is 17.2 Å². The van der Waals surface area contributed by atoms with Gasteiger partial charge in [-0.15, -0.1) is 0 Å². The normalized spacial score (nSPS) is 11.2. The van der Waals surface area contributed by atoms with E-state index in [9.17, 15) is 9.90 Å². The number of nitrogens with zero attached hydrogens (tertiary/aromatic N) is 2. The minimum Gasteiger partial charge on any atom is -0.508 e. The molecule has 0 radical (unpaired) electrons. The van der Waals surface area contributed by atoms with Crippen LogP contribution in [0.15, 0.2) is 83.1 Å². The summed E-state index contributed by atoms with van der Waals surface area (Å²) in [5.41, 5.74) is 6.89. The van der Waals surface area contributed by atoms with E-state index in [0.29, 0.717) is 5.56 Å². The smallest absolute Gasteiger partial charge is 0.271 e. The maximum absolute atomic E-state index is 12.2.